The maximum atomic E-state index is 12.7. The average Bonchev–Trinajstić information content (AvgIpc) is 2.42. The van der Waals surface area contributed by atoms with Crippen molar-refractivity contribution < 1.29 is 13.2 Å². The van der Waals surface area contributed by atoms with Gasteiger partial charge in [-0.25, -0.2) is 8.42 Å². The van der Waals surface area contributed by atoms with Gasteiger partial charge < -0.3 is 4.74 Å². The lowest BCUT2D eigenvalue weighted by Crippen LogP contribution is -2.32. The summed E-state index contributed by atoms with van der Waals surface area (Å²) in [5.74, 6) is 0.389. The van der Waals surface area contributed by atoms with Crippen LogP contribution in [-0.4, -0.2) is 32.4 Å². The smallest absolute Gasteiger partial charge is 0.244 e. The Kier molecular flexibility index (Phi) is 7.27. The fraction of sp³-hybridized carbons (Fsp3) is 0.571. The van der Waals surface area contributed by atoms with E-state index in [4.69, 9.17) is 27.9 Å². The van der Waals surface area contributed by atoms with E-state index in [0.717, 1.165) is 12.8 Å². The molecule has 0 aromatic heterocycles. The van der Waals surface area contributed by atoms with E-state index >= 15 is 0 Å². The van der Waals surface area contributed by atoms with E-state index in [1.165, 1.54) is 16.4 Å². The van der Waals surface area contributed by atoms with Crippen LogP contribution in [0.5, 0.6) is 5.75 Å². The summed E-state index contributed by atoms with van der Waals surface area (Å²) < 4.78 is 32.1. The molecule has 0 aliphatic heterocycles. The second-order valence-corrected chi connectivity index (χ2v) is 7.27. The number of hydrogen-bond donors (Lipinski definition) is 0. The van der Waals surface area contributed by atoms with Gasteiger partial charge in [0, 0.05) is 19.2 Å². The van der Waals surface area contributed by atoms with Crippen LogP contribution in [0.2, 0.25) is 10.0 Å². The zero-order valence-corrected chi connectivity index (χ0v) is 14.9. The topological polar surface area (TPSA) is 46.6 Å². The van der Waals surface area contributed by atoms with E-state index in [9.17, 15) is 8.42 Å². The first-order valence-corrected chi connectivity index (χ1v) is 9.20. The Morgan fingerprint density at radius 1 is 1.05 bits per heavy atom. The molecule has 21 heavy (non-hydrogen) atoms. The molecule has 0 saturated carbocycles. The summed E-state index contributed by atoms with van der Waals surface area (Å²) in [7, 11) is -3.65. The van der Waals surface area contributed by atoms with Crippen molar-refractivity contribution in [2.24, 2.45) is 0 Å². The molecule has 4 nitrogen and oxygen atoms in total. The molecule has 0 saturated heterocycles. The third kappa shape index (κ3) is 4.49. The number of sulfonamides is 1. The molecule has 0 N–H and O–H groups in total. The van der Waals surface area contributed by atoms with Crippen LogP contribution in [0.4, 0.5) is 0 Å². The van der Waals surface area contributed by atoms with Gasteiger partial charge in [0.1, 0.15) is 10.6 Å². The minimum atomic E-state index is -3.65. The van der Waals surface area contributed by atoms with Crippen LogP contribution in [-0.2, 0) is 10.0 Å². The second-order valence-electron chi connectivity index (χ2n) is 4.55. The van der Waals surface area contributed by atoms with Gasteiger partial charge in [-0.3, -0.25) is 0 Å². The molecule has 0 amide bonds. The van der Waals surface area contributed by atoms with Gasteiger partial charge in [0.2, 0.25) is 10.0 Å². The number of halogens is 2. The number of hydrogen-bond acceptors (Lipinski definition) is 3. The largest absolute Gasteiger partial charge is 0.492 e. The highest BCUT2D eigenvalue weighted by Crippen LogP contribution is 2.35. The molecule has 0 heterocycles. The summed E-state index contributed by atoms with van der Waals surface area (Å²) in [6.45, 7) is 7.03. The van der Waals surface area contributed by atoms with E-state index in [0.29, 0.717) is 25.4 Å². The van der Waals surface area contributed by atoms with E-state index in [1.807, 2.05) is 20.8 Å². The Labute approximate surface area is 137 Å². The lowest BCUT2D eigenvalue weighted by atomic mass is 10.3. The van der Waals surface area contributed by atoms with E-state index in [1.54, 1.807) is 0 Å². The molecule has 0 radical (unpaired) electrons. The van der Waals surface area contributed by atoms with Gasteiger partial charge in [0.25, 0.3) is 0 Å². The van der Waals surface area contributed by atoms with E-state index in [2.05, 4.69) is 0 Å². The molecule has 1 aromatic rings. The van der Waals surface area contributed by atoms with Gasteiger partial charge in [0.05, 0.1) is 16.7 Å². The van der Waals surface area contributed by atoms with Gasteiger partial charge in [-0.15, -0.1) is 0 Å². The summed E-state index contributed by atoms with van der Waals surface area (Å²) in [4.78, 5) is 0.0273. The highest BCUT2D eigenvalue weighted by Gasteiger charge is 2.27. The molecule has 0 fully saturated rings. The van der Waals surface area contributed by atoms with Crippen molar-refractivity contribution in [3.63, 3.8) is 0 Å². The summed E-state index contributed by atoms with van der Waals surface area (Å²) in [5.41, 5.74) is 0. The van der Waals surface area contributed by atoms with Crippen LogP contribution in [0.1, 0.15) is 33.6 Å². The molecule has 0 unspecified atom stereocenters. The van der Waals surface area contributed by atoms with Crippen molar-refractivity contribution in [2.45, 2.75) is 38.5 Å². The predicted octanol–water partition coefficient (Wildman–Crippen LogP) is 4.20. The van der Waals surface area contributed by atoms with Gasteiger partial charge in [-0.2, -0.15) is 4.31 Å². The van der Waals surface area contributed by atoms with Crippen LogP contribution >= 0.6 is 23.2 Å². The molecule has 1 aromatic carbocycles. The number of rotatable bonds is 8. The third-order valence-corrected chi connectivity index (χ3v) is 5.51. The molecule has 0 aliphatic carbocycles. The summed E-state index contributed by atoms with van der Waals surface area (Å²) >= 11 is 12.2. The van der Waals surface area contributed by atoms with Gasteiger partial charge in [-0.1, -0.05) is 37.0 Å². The van der Waals surface area contributed by atoms with Crippen molar-refractivity contribution in [3.8, 4) is 5.75 Å². The lowest BCUT2D eigenvalue weighted by molar-refractivity contribution is 0.340. The fourth-order valence-electron chi connectivity index (χ4n) is 1.96. The Hall–Kier alpha value is -0.490. The van der Waals surface area contributed by atoms with Gasteiger partial charge >= 0.3 is 0 Å². The van der Waals surface area contributed by atoms with Crippen molar-refractivity contribution in [2.75, 3.05) is 19.7 Å². The Morgan fingerprint density at radius 3 is 2.10 bits per heavy atom. The zero-order valence-electron chi connectivity index (χ0n) is 12.5. The Balaban J connectivity index is 3.27. The van der Waals surface area contributed by atoms with Crippen molar-refractivity contribution in [1.82, 2.24) is 4.31 Å². The summed E-state index contributed by atoms with van der Waals surface area (Å²) in [6, 6.07) is 2.82. The molecular weight excluding hydrogens is 333 g/mol. The number of ether oxygens (including phenoxy) is 1. The predicted molar refractivity (Wildman–Crippen MR) is 87.0 cm³/mol. The van der Waals surface area contributed by atoms with Gasteiger partial charge in [0.15, 0.2) is 0 Å². The monoisotopic (exact) mass is 353 g/mol. The number of nitrogens with zero attached hydrogens (tertiary/aromatic N) is 1. The first-order chi connectivity index (χ1) is 9.88. The molecule has 120 valence electrons. The zero-order chi connectivity index (χ0) is 16.0. The molecule has 1 rings (SSSR count). The maximum absolute atomic E-state index is 12.7. The minimum absolute atomic E-state index is 0.0273. The molecule has 7 heteroatoms. The molecule has 0 spiro atoms. The van der Waals surface area contributed by atoms with Crippen molar-refractivity contribution in [1.29, 1.82) is 0 Å². The molecule has 0 aliphatic rings. The normalized spacial score (nSPS) is 11.9. The Bertz CT molecular complexity index is 570. The molecular formula is C14H21Cl2NO3S. The van der Waals surface area contributed by atoms with Crippen LogP contribution in [0.25, 0.3) is 0 Å². The molecule has 0 bridgehead atoms. The summed E-state index contributed by atoms with van der Waals surface area (Å²) in [6.07, 6.45) is 1.48. The lowest BCUT2D eigenvalue weighted by Gasteiger charge is -2.22. The molecule has 0 atom stereocenters. The van der Waals surface area contributed by atoms with E-state index in [-0.39, 0.29) is 14.9 Å². The van der Waals surface area contributed by atoms with E-state index < -0.39 is 10.0 Å². The first-order valence-electron chi connectivity index (χ1n) is 7.00. The van der Waals surface area contributed by atoms with Crippen molar-refractivity contribution >= 4 is 33.2 Å². The average molecular weight is 354 g/mol. The van der Waals surface area contributed by atoms with Crippen LogP contribution in [0.15, 0.2) is 17.0 Å². The maximum Gasteiger partial charge on any atom is 0.244 e. The second kappa shape index (κ2) is 8.22. The van der Waals surface area contributed by atoms with Gasteiger partial charge in [-0.05, 0) is 25.8 Å². The minimum Gasteiger partial charge on any atom is -0.492 e. The Morgan fingerprint density at radius 2 is 1.62 bits per heavy atom. The third-order valence-electron chi connectivity index (χ3n) is 2.85. The highest BCUT2D eigenvalue weighted by molar-refractivity contribution is 7.89. The van der Waals surface area contributed by atoms with Crippen LogP contribution in [0.3, 0.4) is 0 Å². The van der Waals surface area contributed by atoms with Crippen molar-refractivity contribution in [3.05, 3.63) is 22.2 Å². The standard InChI is InChI=1S/C14H21Cl2NO3S/c1-4-7-17(8-5-2)21(18,19)14-10-11(15)13(20-6-3)9-12(14)16/h9-10H,4-8H2,1-3H3. The van der Waals surface area contributed by atoms with Crippen LogP contribution < -0.4 is 4.74 Å². The number of benzene rings is 1. The van der Waals surface area contributed by atoms with Crippen LogP contribution in [0, 0.1) is 0 Å². The fourth-order valence-corrected chi connectivity index (χ4v) is 4.39. The SMILES string of the molecule is CCCN(CCC)S(=O)(=O)c1cc(Cl)c(OCC)cc1Cl. The first kappa shape index (κ1) is 18.6. The summed E-state index contributed by atoms with van der Waals surface area (Å²) in [5, 5.41) is 0.368. The quantitative estimate of drug-likeness (QED) is 0.703. The highest BCUT2D eigenvalue weighted by atomic mass is 35.5.